The van der Waals surface area contributed by atoms with Crippen molar-refractivity contribution in [1.29, 1.82) is 0 Å². The molecule has 3 N–H and O–H groups in total. The number of nitrogens with one attached hydrogen (secondary N) is 1. The fourth-order valence-electron chi connectivity index (χ4n) is 3.34. The molecule has 0 radical (unpaired) electrons. The van der Waals surface area contributed by atoms with E-state index in [0.717, 1.165) is 35.2 Å². The van der Waals surface area contributed by atoms with E-state index in [0.29, 0.717) is 43.4 Å². The van der Waals surface area contributed by atoms with Crippen LogP contribution in [0.5, 0.6) is 5.75 Å². The van der Waals surface area contributed by atoms with Gasteiger partial charge in [-0.2, -0.15) is 0 Å². The number of halogens is 1. The highest BCUT2D eigenvalue weighted by molar-refractivity contribution is 6.07. The number of imidazole rings is 1. The van der Waals surface area contributed by atoms with Crippen molar-refractivity contribution in [2.75, 3.05) is 25.5 Å². The quantitative estimate of drug-likeness (QED) is 0.457. The van der Waals surface area contributed by atoms with E-state index >= 15 is 0 Å². The first kappa shape index (κ1) is 24.7. The molecule has 0 aliphatic heterocycles. The molecule has 1 amide bonds. The topological polar surface area (TPSA) is 104 Å². The van der Waals surface area contributed by atoms with Crippen molar-refractivity contribution < 1.29 is 14.3 Å². The van der Waals surface area contributed by atoms with Crippen LogP contribution in [0, 0.1) is 5.92 Å². The maximum Gasteiger partial charge on any atom is 0.222 e. The van der Waals surface area contributed by atoms with E-state index in [1.165, 1.54) is 0 Å². The fraction of sp³-hybridized carbons (Fsp3) is 0.500. The van der Waals surface area contributed by atoms with E-state index in [-0.39, 0.29) is 24.2 Å². The number of ether oxygens (including phenoxy) is 2. The minimum Gasteiger partial charge on any atom is -0.492 e. The van der Waals surface area contributed by atoms with Gasteiger partial charge in [0, 0.05) is 24.5 Å². The Balaban J connectivity index is 0.00000341. The third-order valence-corrected chi connectivity index (χ3v) is 4.83. The fourth-order valence-corrected chi connectivity index (χ4v) is 3.34. The molecule has 2 aromatic heterocycles. The number of hydrogen-bond acceptors (Lipinski definition) is 6. The number of pyridine rings is 1. The lowest BCUT2D eigenvalue weighted by molar-refractivity contribution is -0.124. The minimum atomic E-state index is -0.0415. The summed E-state index contributed by atoms with van der Waals surface area (Å²) < 4.78 is 13.6. The van der Waals surface area contributed by atoms with E-state index in [1.54, 1.807) is 0 Å². The summed E-state index contributed by atoms with van der Waals surface area (Å²) in [5.74, 6) is 1.95. The summed E-state index contributed by atoms with van der Waals surface area (Å²) in [6, 6.07) is 5.73. The summed E-state index contributed by atoms with van der Waals surface area (Å²) in [5, 5.41) is 3.79. The summed E-state index contributed by atoms with van der Waals surface area (Å²) in [7, 11) is 0. The Hall–Kier alpha value is -2.58. The van der Waals surface area contributed by atoms with Crippen LogP contribution in [0.4, 0.5) is 5.82 Å². The summed E-state index contributed by atoms with van der Waals surface area (Å²) in [6.45, 7) is 10.5. The summed E-state index contributed by atoms with van der Waals surface area (Å²) in [5.41, 5.74) is 8.65. The number of nitrogen functional groups attached to an aromatic ring is 1. The SMILES string of the molecule is CCCn1c(COCC)nc2c(N)nc3ccc(OCCNC(=O)C(C)C)cc3c21.Cl. The number of nitrogens with two attached hydrogens (primary N) is 1. The number of amides is 1. The van der Waals surface area contributed by atoms with Crippen LogP contribution in [0.1, 0.15) is 39.9 Å². The van der Waals surface area contributed by atoms with Crippen molar-refractivity contribution in [3.05, 3.63) is 24.0 Å². The molecule has 0 saturated heterocycles. The lowest BCUT2D eigenvalue weighted by atomic mass is 10.1. The molecule has 3 aromatic rings. The third kappa shape index (κ3) is 5.57. The highest BCUT2D eigenvalue weighted by atomic mass is 35.5. The first-order chi connectivity index (χ1) is 14.5. The largest absolute Gasteiger partial charge is 0.492 e. The standard InChI is InChI=1S/C22H31N5O3.ClH/c1-5-10-27-18(13-29-6-2)26-19-20(27)16-12-15(7-8-17(16)25-21(19)23)30-11-9-24-22(28)14(3)4;/h7-8,12,14H,5-6,9-11,13H2,1-4H3,(H2,23,25)(H,24,28);1H. The first-order valence-electron chi connectivity index (χ1n) is 10.5. The predicted octanol–water partition coefficient (Wildman–Crippen LogP) is 3.69. The zero-order chi connectivity index (χ0) is 21.7. The number of aromatic nitrogens is 3. The predicted molar refractivity (Wildman–Crippen MR) is 126 cm³/mol. The maximum atomic E-state index is 11.7. The molecule has 0 aliphatic carbocycles. The van der Waals surface area contributed by atoms with Crippen LogP contribution in [-0.2, 0) is 22.7 Å². The van der Waals surface area contributed by atoms with E-state index in [9.17, 15) is 4.79 Å². The Morgan fingerprint density at radius 3 is 2.71 bits per heavy atom. The van der Waals surface area contributed by atoms with Gasteiger partial charge in [0.1, 0.15) is 30.3 Å². The van der Waals surface area contributed by atoms with Gasteiger partial charge < -0.3 is 25.1 Å². The van der Waals surface area contributed by atoms with Crippen LogP contribution in [0.15, 0.2) is 18.2 Å². The molecule has 170 valence electrons. The van der Waals surface area contributed by atoms with Crippen LogP contribution in [0.25, 0.3) is 21.9 Å². The van der Waals surface area contributed by atoms with Crippen molar-refractivity contribution in [3.8, 4) is 5.75 Å². The van der Waals surface area contributed by atoms with E-state index in [1.807, 2.05) is 39.0 Å². The number of nitrogens with zero attached hydrogens (tertiary/aromatic N) is 3. The molecule has 3 rings (SSSR count). The van der Waals surface area contributed by atoms with Gasteiger partial charge >= 0.3 is 0 Å². The Kier molecular flexibility index (Phi) is 8.88. The number of anilines is 1. The number of benzene rings is 1. The molecule has 2 heterocycles. The second-order valence-corrected chi connectivity index (χ2v) is 7.48. The van der Waals surface area contributed by atoms with Gasteiger partial charge in [-0.3, -0.25) is 4.79 Å². The highest BCUT2D eigenvalue weighted by Crippen LogP contribution is 2.31. The Morgan fingerprint density at radius 2 is 2.03 bits per heavy atom. The summed E-state index contributed by atoms with van der Waals surface area (Å²) >= 11 is 0. The van der Waals surface area contributed by atoms with Crippen molar-refractivity contribution in [3.63, 3.8) is 0 Å². The number of carbonyl (C=O) groups is 1. The smallest absolute Gasteiger partial charge is 0.222 e. The van der Waals surface area contributed by atoms with Crippen LogP contribution in [0.3, 0.4) is 0 Å². The Labute approximate surface area is 188 Å². The molecule has 31 heavy (non-hydrogen) atoms. The molecule has 0 fully saturated rings. The van der Waals surface area contributed by atoms with Crippen LogP contribution < -0.4 is 15.8 Å². The molecule has 0 unspecified atom stereocenters. The van der Waals surface area contributed by atoms with Gasteiger partial charge in [0.15, 0.2) is 5.82 Å². The molecule has 1 aromatic carbocycles. The molecule has 9 heteroatoms. The molecular formula is C22H32ClN5O3. The van der Waals surface area contributed by atoms with Crippen molar-refractivity contribution in [2.45, 2.75) is 47.3 Å². The number of rotatable bonds is 10. The van der Waals surface area contributed by atoms with Crippen molar-refractivity contribution >= 4 is 46.1 Å². The van der Waals surface area contributed by atoms with Crippen LogP contribution >= 0.6 is 12.4 Å². The first-order valence-corrected chi connectivity index (χ1v) is 10.5. The highest BCUT2D eigenvalue weighted by Gasteiger charge is 2.17. The van der Waals surface area contributed by atoms with Gasteiger partial charge in [0.2, 0.25) is 5.91 Å². The second kappa shape index (κ2) is 11.2. The van der Waals surface area contributed by atoms with Crippen molar-refractivity contribution in [1.82, 2.24) is 19.9 Å². The average Bonchev–Trinajstić information content (AvgIpc) is 3.09. The maximum absolute atomic E-state index is 11.7. The van der Waals surface area contributed by atoms with Gasteiger partial charge in [-0.05, 0) is 31.5 Å². The molecule has 0 saturated carbocycles. The number of carbonyl (C=O) groups excluding carboxylic acids is 1. The Morgan fingerprint density at radius 1 is 1.26 bits per heavy atom. The van der Waals surface area contributed by atoms with E-state index < -0.39 is 0 Å². The second-order valence-electron chi connectivity index (χ2n) is 7.48. The molecular weight excluding hydrogens is 418 g/mol. The molecule has 0 spiro atoms. The summed E-state index contributed by atoms with van der Waals surface area (Å²) in [4.78, 5) is 20.9. The zero-order valence-electron chi connectivity index (χ0n) is 18.6. The van der Waals surface area contributed by atoms with Gasteiger partial charge in [0.05, 0.1) is 17.6 Å². The third-order valence-electron chi connectivity index (χ3n) is 4.83. The lowest BCUT2D eigenvalue weighted by Gasteiger charge is -2.12. The minimum absolute atomic E-state index is 0. The number of aryl methyl sites for hydroxylation is 1. The van der Waals surface area contributed by atoms with Gasteiger partial charge in [-0.25, -0.2) is 9.97 Å². The number of hydrogen-bond donors (Lipinski definition) is 2. The van der Waals surface area contributed by atoms with E-state index in [4.69, 9.17) is 20.2 Å². The van der Waals surface area contributed by atoms with E-state index in [2.05, 4.69) is 21.8 Å². The molecule has 8 nitrogen and oxygen atoms in total. The van der Waals surface area contributed by atoms with Gasteiger partial charge in [0.25, 0.3) is 0 Å². The summed E-state index contributed by atoms with van der Waals surface area (Å²) in [6.07, 6.45) is 0.958. The molecule has 0 aliphatic rings. The number of fused-ring (bicyclic) bond motifs is 3. The van der Waals surface area contributed by atoms with Crippen LogP contribution in [-0.4, -0.2) is 40.2 Å². The van der Waals surface area contributed by atoms with Gasteiger partial charge in [-0.1, -0.05) is 20.8 Å². The normalized spacial score (nSPS) is 11.1. The molecule has 0 atom stereocenters. The van der Waals surface area contributed by atoms with Crippen molar-refractivity contribution in [2.24, 2.45) is 5.92 Å². The average molecular weight is 450 g/mol. The lowest BCUT2D eigenvalue weighted by Crippen LogP contribution is -2.31. The monoisotopic (exact) mass is 449 g/mol. The Bertz CT molecular complexity index is 1040. The van der Waals surface area contributed by atoms with Gasteiger partial charge in [-0.15, -0.1) is 12.4 Å². The zero-order valence-corrected chi connectivity index (χ0v) is 19.4. The van der Waals surface area contributed by atoms with Crippen LogP contribution in [0.2, 0.25) is 0 Å². The molecule has 0 bridgehead atoms.